The molecule has 7 nitrogen and oxygen atoms in total. The van der Waals surface area contributed by atoms with Crippen LogP contribution in [0.1, 0.15) is 44.7 Å². The van der Waals surface area contributed by atoms with Crippen molar-refractivity contribution >= 4 is 17.8 Å². The zero-order valence-corrected chi connectivity index (χ0v) is 18.4. The lowest BCUT2D eigenvalue weighted by molar-refractivity contribution is -0.147. The van der Waals surface area contributed by atoms with Gasteiger partial charge in [0.25, 0.3) is 0 Å². The van der Waals surface area contributed by atoms with Gasteiger partial charge in [0, 0.05) is 5.56 Å². The Kier molecular flexibility index (Phi) is 5.86. The van der Waals surface area contributed by atoms with E-state index in [-0.39, 0.29) is 24.0 Å². The summed E-state index contributed by atoms with van der Waals surface area (Å²) >= 11 is 0. The van der Waals surface area contributed by atoms with Gasteiger partial charge in [0.1, 0.15) is 12.2 Å². The second-order valence-corrected chi connectivity index (χ2v) is 8.34. The minimum Gasteiger partial charge on any atom is -0.419 e. The second-order valence-electron chi connectivity index (χ2n) is 8.34. The van der Waals surface area contributed by atoms with Crippen molar-refractivity contribution in [2.24, 2.45) is 0 Å². The van der Waals surface area contributed by atoms with Crippen LogP contribution in [0.2, 0.25) is 0 Å². The molecule has 1 N–H and O–H groups in total. The van der Waals surface area contributed by atoms with Crippen LogP contribution >= 0.6 is 0 Å². The summed E-state index contributed by atoms with van der Waals surface area (Å²) in [5, 5.41) is 2.88. The second kappa shape index (κ2) is 9.11. The number of carbonyl (C=O) groups is 3. The molecule has 0 bridgehead atoms. The molecule has 0 radical (unpaired) electrons. The number of benzene rings is 3. The van der Waals surface area contributed by atoms with Crippen molar-refractivity contribution < 1.29 is 28.6 Å². The Bertz CT molecular complexity index is 1230. The fourth-order valence-corrected chi connectivity index (χ4v) is 4.50. The summed E-state index contributed by atoms with van der Waals surface area (Å²) in [5.41, 5.74) is 1.62. The van der Waals surface area contributed by atoms with E-state index in [1.807, 2.05) is 18.2 Å². The van der Waals surface area contributed by atoms with Gasteiger partial charge in [0.15, 0.2) is 11.5 Å². The predicted octanol–water partition coefficient (Wildman–Crippen LogP) is 3.80. The van der Waals surface area contributed by atoms with Crippen LogP contribution in [0.15, 0.2) is 72.8 Å². The number of esters is 2. The number of ether oxygens (including phenoxy) is 3. The SMILES string of the molecule is O=C1COC2(CCCc3c2ccc(OC(=O)c2ccccc2)c3OC(=O)c2ccccc2)CN1. The monoisotopic (exact) mass is 457 g/mol. The highest BCUT2D eigenvalue weighted by Gasteiger charge is 2.43. The van der Waals surface area contributed by atoms with E-state index in [4.69, 9.17) is 14.2 Å². The maximum atomic E-state index is 13.0. The van der Waals surface area contributed by atoms with E-state index in [9.17, 15) is 14.4 Å². The minimum atomic E-state index is -0.711. The molecule has 34 heavy (non-hydrogen) atoms. The van der Waals surface area contributed by atoms with Gasteiger partial charge in [0.05, 0.1) is 17.7 Å². The third kappa shape index (κ3) is 4.18. The Morgan fingerprint density at radius 1 is 0.853 bits per heavy atom. The third-order valence-corrected chi connectivity index (χ3v) is 6.19. The predicted molar refractivity (Wildman–Crippen MR) is 123 cm³/mol. The number of hydrogen-bond donors (Lipinski definition) is 1. The van der Waals surface area contributed by atoms with Crippen molar-refractivity contribution in [2.75, 3.05) is 13.2 Å². The molecule has 0 aromatic heterocycles. The van der Waals surface area contributed by atoms with Gasteiger partial charge in [-0.05, 0) is 55.2 Å². The Morgan fingerprint density at radius 3 is 2.12 bits per heavy atom. The third-order valence-electron chi connectivity index (χ3n) is 6.19. The number of carbonyl (C=O) groups excluding carboxylic acids is 3. The molecule has 1 spiro atoms. The first-order valence-corrected chi connectivity index (χ1v) is 11.2. The number of fused-ring (bicyclic) bond motifs is 2. The summed E-state index contributed by atoms with van der Waals surface area (Å²) in [7, 11) is 0. The smallest absolute Gasteiger partial charge is 0.343 e. The van der Waals surface area contributed by atoms with Gasteiger partial charge in [-0.3, -0.25) is 4.79 Å². The van der Waals surface area contributed by atoms with E-state index < -0.39 is 17.5 Å². The molecule has 2 aliphatic rings. The van der Waals surface area contributed by atoms with Gasteiger partial charge in [-0.25, -0.2) is 9.59 Å². The molecule has 0 saturated carbocycles. The first-order chi connectivity index (χ1) is 16.6. The summed E-state index contributed by atoms with van der Waals surface area (Å²) in [6.07, 6.45) is 2.09. The molecular formula is C27H23NO6. The molecule has 172 valence electrons. The zero-order valence-electron chi connectivity index (χ0n) is 18.4. The summed E-state index contributed by atoms with van der Waals surface area (Å²) in [6.45, 7) is 0.289. The van der Waals surface area contributed by atoms with Gasteiger partial charge in [-0.2, -0.15) is 0 Å². The topological polar surface area (TPSA) is 90.9 Å². The summed E-state index contributed by atoms with van der Waals surface area (Å²) in [4.78, 5) is 37.5. The number of rotatable bonds is 4. The van der Waals surface area contributed by atoms with Gasteiger partial charge >= 0.3 is 11.9 Å². The maximum absolute atomic E-state index is 13.0. The van der Waals surface area contributed by atoms with Crippen LogP contribution in [0.25, 0.3) is 0 Å². The quantitative estimate of drug-likeness (QED) is 0.473. The van der Waals surface area contributed by atoms with Crippen LogP contribution in [0.5, 0.6) is 11.5 Å². The van der Waals surface area contributed by atoms with Gasteiger partial charge in [0.2, 0.25) is 5.91 Å². The highest BCUT2D eigenvalue weighted by atomic mass is 16.6. The van der Waals surface area contributed by atoms with E-state index in [0.29, 0.717) is 24.1 Å². The molecule has 5 rings (SSSR count). The molecule has 3 aromatic rings. The fourth-order valence-electron chi connectivity index (χ4n) is 4.50. The van der Waals surface area contributed by atoms with Gasteiger partial charge in [-0.15, -0.1) is 0 Å². The molecule has 1 aliphatic carbocycles. The molecule has 1 heterocycles. The molecule has 3 aromatic carbocycles. The molecule has 7 heteroatoms. The number of amides is 1. The first kappa shape index (κ1) is 21.9. The molecule has 1 unspecified atom stereocenters. The summed E-state index contributed by atoms with van der Waals surface area (Å²) in [6, 6.07) is 20.7. The normalized spacial score (nSPS) is 19.1. The molecule has 1 aliphatic heterocycles. The van der Waals surface area contributed by atoms with Crippen molar-refractivity contribution in [3.63, 3.8) is 0 Å². The standard InChI is InChI=1S/C27H23NO6/c29-23-16-32-27(17-28-23)15-7-12-20-21(27)13-14-22(33-25(30)18-8-3-1-4-9-18)24(20)34-26(31)19-10-5-2-6-11-19/h1-6,8-11,13-14H,7,12,15-17H2,(H,28,29). The molecule has 1 amide bonds. The van der Waals surface area contributed by atoms with Crippen molar-refractivity contribution in [1.82, 2.24) is 5.32 Å². The van der Waals surface area contributed by atoms with Crippen LogP contribution in [-0.4, -0.2) is 31.0 Å². The fraction of sp³-hybridized carbons (Fsp3) is 0.222. The van der Waals surface area contributed by atoms with E-state index in [1.165, 1.54) is 0 Å². The lowest BCUT2D eigenvalue weighted by Crippen LogP contribution is -2.51. The van der Waals surface area contributed by atoms with Crippen LogP contribution in [-0.2, 0) is 21.6 Å². The van der Waals surface area contributed by atoms with Crippen molar-refractivity contribution in [2.45, 2.75) is 24.9 Å². The van der Waals surface area contributed by atoms with E-state index in [1.54, 1.807) is 54.6 Å². The highest BCUT2D eigenvalue weighted by Crippen LogP contribution is 2.46. The molecule has 1 saturated heterocycles. The van der Waals surface area contributed by atoms with Crippen LogP contribution in [0.4, 0.5) is 0 Å². The van der Waals surface area contributed by atoms with Gasteiger partial charge in [-0.1, -0.05) is 42.5 Å². The lowest BCUT2D eigenvalue weighted by atomic mass is 9.77. The highest BCUT2D eigenvalue weighted by molar-refractivity contribution is 5.93. The number of hydrogen-bond acceptors (Lipinski definition) is 6. The summed E-state index contributed by atoms with van der Waals surface area (Å²) in [5.74, 6) is -0.904. The average molecular weight is 457 g/mol. The van der Waals surface area contributed by atoms with Crippen molar-refractivity contribution in [1.29, 1.82) is 0 Å². The van der Waals surface area contributed by atoms with Crippen LogP contribution in [0.3, 0.4) is 0 Å². The van der Waals surface area contributed by atoms with Crippen LogP contribution in [0, 0.1) is 0 Å². The average Bonchev–Trinajstić information content (AvgIpc) is 2.88. The van der Waals surface area contributed by atoms with E-state index in [2.05, 4.69) is 5.32 Å². The molecular weight excluding hydrogens is 434 g/mol. The zero-order chi connectivity index (χ0) is 23.5. The van der Waals surface area contributed by atoms with Crippen molar-refractivity contribution in [3.05, 3.63) is 95.1 Å². The minimum absolute atomic E-state index is 0.0384. The summed E-state index contributed by atoms with van der Waals surface area (Å²) < 4.78 is 17.6. The Morgan fingerprint density at radius 2 is 1.50 bits per heavy atom. The molecule has 1 fully saturated rings. The van der Waals surface area contributed by atoms with E-state index in [0.717, 1.165) is 24.0 Å². The Hall–Kier alpha value is -3.97. The molecule has 1 atom stereocenters. The van der Waals surface area contributed by atoms with E-state index >= 15 is 0 Å². The Labute approximate surface area is 196 Å². The van der Waals surface area contributed by atoms with Crippen LogP contribution < -0.4 is 14.8 Å². The largest absolute Gasteiger partial charge is 0.419 e. The maximum Gasteiger partial charge on any atom is 0.343 e. The number of nitrogens with one attached hydrogen (secondary N) is 1. The number of morpholine rings is 1. The van der Waals surface area contributed by atoms with Gasteiger partial charge < -0.3 is 19.5 Å². The lowest BCUT2D eigenvalue weighted by Gasteiger charge is -2.42. The Balaban J connectivity index is 1.55. The van der Waals surface area contributed by atoms with Crippen molar-refractivity contribution in [3.8, 4) is 11.5 Å². The first-order valence-electron chi connectivity index (χ1n) is 11.2.